The maximum absolute atomic E-state index is 13.4. The number of thiophene rings is 1. The van der Waals surface area contributed by atoms with Gasteiger partial charge in [-0.25, -0.2) is 4.98 Å². The van der Waals surface area contributed by atoms with Gasteiger partial charge in [-0.15, -0.1) is 11.3 Å². The van der Waals surface area contributed by atoms with Gasteiger partial charge in [-0.05, 0) is 37.2 Å². The van der Waals surface area contributed by atoms with Crippen LogP contribution in [0.1, 0.15) is 55.6 Å². The minimum absolute atomic E-state index is 0.0128. The summed E-state index contributed by atoms with van der Waals surface area (Å²) >= 11 is 1.67. The number of H-pyrrole nitrogens is 1. The zero-order valence-electron chi connectivity index (χ0n) is 17.2. The van der Waals surface area contributed by atoms with Gasteiger partial charge in [-0.1, -0.05) is 20.8 Å². The predicted molar refractivity (Wildman–Crippen MR) is 116 cm³/mol. The number of nitrogens with zero attached hydrogens (tertiary/aromatic N) is 2. The van der Waals surface area contributed by atoms with Gasteiger partial charge in [-0.2, -0.15) is 0 Å². The van der Waals surface area contributed by atoms with Crippen molar-refractivity contribution in [1.82, 2.24) is 14.5 Å². The first-order valence-corrected chi connectivity index (χ1v) is 11.2. The molecule has 1 aliphatic rings. The molecule has 3 aromatic heterocycles. The van der Waals surface area contributed by atoms with E-state index in [2.05, 4.69) is 11.9 Å². The summed E-state index contributed by atoms with van der Waals surface area (Å²) in [4.78, 5) is 36.0. The lowest BCUT2D eigenvalue weighted by atomic mass is 10.2. The van der Waals surface area contributed by atoms with Crippen LogP contribution in [-0.4, -0.2) is 21.1 Å². The minimum Gasteiger partial charge on any atom is -0.488 e. The van der Waals surface area contributed by atoms with Crippen molar-refractivity contribution < 1.29 is 4.74 Å². The molecule has 7 heteroatoms. The number of hydrogen-bond acceptors (Lipinski definition) is 5. The Labute approximate surface area is 173 Å². The third-order valence-electron chi connectivity index (χ3n) is 5.21. The fourth-order valence-corrected chi connectivity index (χ4v) is 5.10. The third-order valence-corrected chi connectivity index (χ3v) is 6.40. The van der Waals surface area contributed by atoms with E-state index < -0.39 is 0 Å². The maximum Gasteiger partial charge on any atom is 0.262 e. The zero-order valence-corrected chi connectivity index (χ0v) is 18.0. The molecule has 0 saturated heterocycles. The second-order valence-electron chi connectivity index (χ2n) is 8.10. The number of ether oxygens (including phenoxy) is 1. The lowest BCUT2D eigenvalue weighted by Crippen LogP contribution is -2.27. The summed E-state index contributed by atoms with van der Waals surface area (Å²) in [5.41, 5.74) is 1.71. The van der Waals surface area contributed by atoms with Crippen LogP contribution in [0, 0.1) is 5.92 Å². The highest BCUT2D eigenvalue weighted by atomic mass is 32.1. The van der Waals surface area contributed by atoms with Crippen molar-refractivity contribution in [3.8, 4) is 5.75 Å². The van der Waals surface area contributed by atoms with E-state index in [1.165, 1.54) is 16.5 Å². The van der Waals surface area contributed by atoms with E-state index in [1.807, 2.05) is 13.8 Å². The van der Waals surface area contributed by atoms with E-state index in [-0.39, 0.29) is 11.0 Å². The molecule has 0 aromatic carbocycles. The van der Waals surface area contributed by atoms with Crippen molar-refractivity contribution >= 4 is 21.6 Å². The monoisotopic (exact) mass is 413 g/mol. The summed E-state index contributed by atoms with van der Waals surface area (Å²) in [6.07, 6.45) is 6.34. The van der Waals surface area contributed by atoms with Gasteiger partial charge in [0.05, 0.1) is 18.5 Å². The van der Waals surface area contributed by atoms with Crippen molar-refractivity contribution in [2.45, 2.75) is 59.4 Å². The highest BCUT2D eigenvalue weighted by Crippen LogP contribution is 2.34. The van der Waals surface area contributed by atoms with Crippen molar-refractivity contribution in [3.05, 3.63) is 54.8 Å². The van der Waals surface area contributed by atoms with Crippen molar-refractivity contribution in [3.63, 3.8) is 0 Å². The summed E-state index contributed by atoms with van der Waals surface area (Å²) in [5, 5.41) is 0.779. The Morgan fingerprint density at radius 2 is 2.14 bits per heavy atom. The Balaban J connectivity index is 1.72. The molecule has 0 radical (unpaired) electrons. The minimum atomic E-state index is -0.171. The molecule has 0 spiro atoms. The van der Waals surface area contributed by atoms with Crippen molar-refractivity contribution in [1.29, 1.82) is 0 Å². The Kier molecular flexibility index (Phi) is 5.58. The molecule has 1 N–H and O–H groups in total. The second-order valence-corrected chi connectivity index (χ2v) is 9.18. The fraction of sp³-hybridized carbons (Fsp3) is 0.500. The van der Waals surface area contributed by atoms with E-state index in [9.17, 15) is 9.59 Å². The average molecular weight is 414 g/mol. The van der Waals surface area contributed by atoms with Gasteiger partial charge in [0.2, 0.25) is 5.43 Å². The van der Waals surface area contributed by atoms with Gasteiger partial charge in [0.25, 0.3) is 5.56 Å². The average Bonchev–Trinajstić information content (AvgIpc) is 3.25. The lowest BCUT2D eigenvalue weighted by molar-refractivity contribution is 0.267. The van der Waals surface area contributed by atoms with Gasteiger partial charge >= 0.3 is 0 Å². The number of pyridine rings is 1. The molecule has 0 amide bonds. The van der Waals surface area contributed by atoms with Gasteiger partial charge < -0.3 is 9.72 Å². The summed E-state index contributed by atoms with van der Waals surface area (Å²) in [7, 11) is 0. The van der Waals surface area contributed by atoms with E-state index >= 15 is 0 Å². The van der Waals surface area contributed by atoms with E-state index in [0.29, 0.717) is 30.5 Å². The highest BCUT2D eigenvalue weighted by Gasteiger charge is 2.23. The third kappa shape index (κ3) is 3.88. The van der Waals surface area contributed by atoms with E-state index in [4.69, 9.17) is 9.72 Å². The number of rotatable bonds is 7. The first-order chi connectivity index (χ1) is 14.0. The van der Waals surface area contributed by atoms with Crippen LogP contribution in [0.5, 0.6) is 5.75 Å². The summed E-state index contributed by atoms with van der Waals surface area (Å²) in [6.45, 7) is 6.95. The van der Waals surface area contributed by atoms with Crippen molar-refractivity contribution in [2.75, 3.05) is 6.61 Å². The molecule has 3 aromatic rings. The van der Waals surface area contributed by atoms with Crippen LogP contribution in [0.4, 0.5) is 0 Å². The normalized spacial score (nSPS) is 13.4. The standard InChI is InChI=1S/C22H27N3O3S/c1-4-6-19-24-21-20(15-7-5-8-18(15)29-21)22(27)25(19)11-14-9-16(26)17(10-23-14)28-12-13(2)3/h9-10,13H,4-8,11-12H2,1-3H3,(H,23,26). The van der Waals surface area contributed by atoms with Crippen LogP contribution in [0.2, 0.25) is 0 Å². The second kappa shape index (κ2) is 8.14. The number of aryl methyl sites for hydroxylation is 3. The van der Waals surface area contributed by atoms with Crippen LogP contribution in [0.25, 0.3) is 10.2 Å². The molecule has 0 unspecified atom stereocenters. The highest BCUT2D eigenvalue weighted by molar-refractivity contribution is 7.18. The quantitative estimate of drug-likeness (QED) is 0.641. The van der Waals surface area contributed by atoms with Crippen LogP contribution >= 0.6 is 11.3 Å². The maximum atomic E-state index is 13.4. The predicted octanol–water partition coefficient (Wildman–Crippen LogP) is 3.67. The molecule has 29 heavy (non-hydrogen) atoms. The smallest absolute Gasteiger partial charge is 0.262 e. The molecular weight excluding hydrogens is 386 g/mol. The van der Waals surface area contributed by atoms with Crippen molar-refractivity contribution in [2.24, 2.45) is 5.92 Å². The number of aromatic nitrogens is 3. The summed E-state index contributed by atoms with van der Waals surface area (Å²) < 4.78 is 7.30. The number of hydrogen-bond donors (Lipinski definition) is 1. The first kappa shape index (κ1) is 19.9. The van der Waals surface area contributed by atoms with Crippen LogP contribution < -0.4 is 15.7 Å². The van der Waals surface area contributed by atoms with E-state index in [0.717, 1.165) is 48.1 Å². The summed E-state index contributed by atoms with van der Waals surface area (Å²) in [6, 6.07) is 1.53. The van der Waals surface area contributed by atoms with Gasteiger partial charge in [0.15, 0.2) is 5.75 Å². The molecular formula is C22H27N3O3S. The molecule has 0 saturated carbocycles. The molecule has 0 fully saturated rings. The Morgan fingerprint density at radius 3 is 2.86 bits per heavy atom. The molecule has 3 heterocycles. The number of nitrogens with one attached hydrogen (secondary N) is 1. The van der Waals surface area contributed by atoms with E-state index in [1.54, 1.807) is 22.1 Å². The molecule has 1 aliphatic carbocycles. The van der Waals surface area contributed by atoms with Gasteiger partial charge in [0, 0.05) is 29.3 Å². The largest absolute Gasteiger partial charge is 0.488 e. The first-order valence-electron chi connectivity index (χ1n) is 10.4. The molecule has 6 nitrogen and oxygen atoms in total. The van der Waals surface area contributed by atoms with Crippen LogP contribution in [0.3, 0.4) is 0 Å². The fourth-order valence-electron chi connectivity index (χ4n) is 3.83. The molecule has 0 aliphatic heterocycles. The Morgan fingerprint density at radius 1 is 1.31 bits per heavy atom. The molecule has 154 valence electrons. The topological polar surface area (TPSA) is 77.0 Å². The number of aromatic amines is 1. The summed E-state index contributed by atoms with van der Waals surface area (Å²) in [5.74, 6) is 1.44. The Hall–Kier alpha value is -2.41. The lowest BCUT2D eigenvalue weighted by Gasteiger charge is -2.13. The molecule has 0 atom stereocenters. The van der Waals surface area contributed by atoms with Gasteiger partial charge in [0.1, 0.15) is 10.7 Å². The van der Waals surface area contributed by atoms with Crippen LogP contribution in [0.15, 0.2) is 21.9 Å². The SMILES string of the molecule is CCCc1nc2sc3c(c2c(=O)n1Cc1cc(=O)c(OCC(C)C)c[nH]1)CCC3. The molecule has 4 rings (SSSR count). The van der Waals surface area contributed by atoms with Gasteiger partial charge in [-0.3, -0.25) is 14.2 Å². The number of fused-ring (bicyclic) bond motifs is 3. The Bertz CT molecular complexity index is 1160. The zero-order chi connectivity index (χ0) is 20.5. The molecule has 0 bridgehead atoms. The van der Waals surface area contributed by atoms with Crippen LogP contribution in [-0.2, 0) is 25.8 Å².